The standard InChI is InChI=1S/C33H35FN2/c1-2-3-4-5-6-7-28-14-20-31(36-24-28)19-13-26-15-21-32-30(22-26)18-17-29(33(32)34)16-12-25-8-10-27(23-35)11-9-25/h8-11,14-15,17-18,20-22,24H,2-7,12-13,16,19H2,1H3. The van der Waals surface area contributed by atoms with Crippen molar-refractivity contribution in [3.8, 4) is 6.07 Å². The molecule has 1 aromatic heterocycles. The molecule has 0 aliphatic rings. The molecule has 0 amide bonds. The van der Waals surface area contributed by atoms with Gasteiger partial charge >= 0.3 is 0 Å². The van der Waals surface area contributed by atoms with Gasteiger partial charge in [-0.2, -0.15) is 5.26 Å². The second-order valence-electron chi connectivity index (χ2n) is 9.72. The van der Waals surface area contributed by atoms with Crippen LogP contribution in [0.4, 0.5) is 4.39 Å². The van der Waals surface area contributed by atoms with Crippen molar-refractivity contribution in [3.05, 3.63) is 112 Å². The normalized spacial score (nSPS) is 11.0. The number of unbranched alkanes of at least 4 members (excludes halogenated alkanes) is 4. The Hall–Kier alpha value is -3.51. The van der Waals surface area contributed by atoms with Crippen LogP contribution in [-0.4, -0.2) is 4.98 Å². The van der Waals surface area contributed by atoms with E-state index < -0.39 is 0 Å². The molecule has 0 radical (unpaired) electrons. The van der Waals surface area contributed by atoms with E-state index in [0.717, 1.165) is 47.9 Å². The molecule has 0 aliphatic heterocycles. The number of pyridine rings is 1. The summed E-state index contributed by atoms with van der Waals surface area (Å²) in [5, 5.41) is 10.6. The summed E-state index contributed by atoms with van der Waals surface area (Å²) in [4.78, 5) is 4.68. The van der Waals surface area contributed by atoms with Crippen LogP contribution >= 0.6 is 0 Å². The van der Waals surface area contributed by atoms with Crippen LogP contribution < -0.4 is 0 Å². The van der Waals surface area contributed by atoms with E-state index in [2.05, 4.69) is 36.2 Å². The van der Waals surface area contributed by atoms with Crippen LogP contribution in [0.5, 0.6) is 0 Å². The zero-order valence-corrected chi connectivity index (χ0v) is 21.3. The highest BCUT2D eigenvalue weighted by molar-refractivity contribution is 5.84. The summed E-state index contributed by atoms with van der Waals surface area (Å²) in [5.41, 5.74) is 6.12. The fourth-order valence-electron chi connectivity index (χ4n) is 4.72. The molecule has 0 unspecified atom stereocenters. The molecule has 0 N–H and O–H groups in total. The third-order valence-electron chi connectivity index (χ3n) is 6.99. The van der Waals surface area contributed by atoms with Crippen LogP contribution in [0.1, 0.15) is 72.5 Å². The minimum absolute atomic E-state index is 0.125. The lowest BCUT2D eigenvalue weighted by Gasteiger charge is -2.09. The second-order valence-corrected chi connectivity index (χ2v) is 9.72. The summed E-state index contributed by atoms with van der Waals surface area (Å²) >= 11 is 0. The number of fused-ring (bicyclic) bond motifs is 1. The van der Waals surface area contributed by atoms with Crippen LogP contribution in [-0.2, 0) is 32.1 Å². The number of rotatable bonds is 12. The first-order valence-corrected chi connectivity index (χ1v) is 13.3. The summed E-state index contributed by atoms with van der Waals surface area (Å²) in [7, 11) is 0. The number of nitrogens with zero attached hydrogens (tertiary/aromatic N) is 2. The molecule has 184 valence electrons. The molecule has 4 aromatic rings. The summed E-state index contributed by atoms with van der Waals surface area (Å²) in [5.74, 6) is -0.125. The first-order valence-electron chi connectivity index (χ1n) is 13.3. The Balaban J connectivity index is 1.32. The molecule has 0 saturated heterocycles. The van der Waals surface area contributed by atoms with Gasteiger partial charge in [0.15, 0.2) is 0 Å². The van der Waals surface area contributed by atoms with Crippen molar-refractivity contribution in [1.82, 2.24) is 4.98 Å². The van der Waals surface area contributed by atoms with Crippen LogP contribution in [0.15, 0.2) is 72.9 Å². The molecule has 0 fully saturated rings. The van der Waals surface area contributed by atoms with E-state index in [0.29, 0.717) is 17.4 Å². The maximum Gasteiger partial charge on any atom is 0.134 e. The fourth-order valence-corrected chi connectivity index (χ4v) is 4.72. The third kappa shape index (κ3) is 7.01. The molecule has 1 heterocycles. The van der Waals surface area contributed by atoms with E-state index in [9.17, 15) is 0 Å². The van der Waals surface area contributed by atoms with Gasteiger partial charge in [-0.15, -0.1) is 0 Å². The van der Waals surface area contributed by atoms with Gasteiger partial charge in [0.25, 0.3) is 0 Å². The second kappa shape index (κ2) is 13.0. The lowest BCUT2D eigenvalue weighted by atomic mass is 9.97. The van der Waals surface area contributed by atoms with Crippen molar-refractivity contribution >= 4 is 10.8 Å². The highest BCUT2D eigenvalue weighted by Crippen LogP contribution is 2.24. The Kier molecular flexibility index (Phi) is 9.22. The maximum absolute atomic E-state index is 15.2. The molecule has 2 nitrogen and oxygen atoms in total. The Morgan fingerprint density at radius 1 is 0.722 bits per heavy atom. The van der Waals surface area contributed by atoms with Crippen molar-refractivity contribution < 1.29 is 4.39 Å². The Bertz CT molecular complexity index is 1300. The lowest BCUT2D eigenvalue weighted by molar-refractivity contribution is 0.620. The quantitative estimate of drug-likeness (QED) is 0.192. The van der Waals surface area contributed by atoms with Crippen molar-refractivity contribution in [2.24, 2.45) is 0 Å². The summed E-state index contributed by atoms with van der Waals surface area (Å²) in [6.45, 7) is 2.25. The topological polar surface area (TPSA) is 36.7 Å². The number of aryl methyl sites for hydroxylation is 5. The van der Waals surface area contributed by atoms with Crippen LogP contribution in [0, 0.1) is 17.1 Å². The van der Waals surface area contributed by atoms with Crippen LogP contribution in [0.3, 0.4) is 0 Å². The van der Waals surface area contributed by atoms with Gasteiger partial charge in [-0.05, 0) is 84.4 Å². The molecule has 0 aliphatic carbocycles. The molecule has 0 spiro atoms. The largest absolute Gasteiger partial charge is 0.261 e. The fraction of sp³-hybridized carbons (Fsp3) is 0.333. The highest BCUT2D eigenvalue weighted by Gasteiger charge is 2.09. The molecular weight excluding hydrogens is 443 g/mol. The van der Waals surface area contributed by atoms with Crippen molar-refractivity contribution in [2.75, 3.05) is 0 Å². The first-order chi connectivity index (χ1) is 17.7. The van der Waals surface area contributed by atoms with Crippen LogP contribution in [0.2, 0.25) is 0 Å². The zero-order valence-electron chi connectivity index (χ0n) is 21.3. The van der Waals surface area contributed by atoms with Crippen LogP contribution in [0.25, 0.3) is 10.8 Å². The summed E-state index contributed by atoms with van der Waals surface area (Å²) in [6, 6.07) is 24.0. The highest BCUT2D eigenvalue weighted by atomic mass is 19.1. The molecule has 4 rings (SSSR count). The molecule has 36 heavy (non-hydrogen) atoms. The van der Waals surface area contributed by atoms with Gasteiger partial charge in [-0.25, -0.2) is 4.39 Å². The lowest BCUT2D eigenvalue weighted by Crippen LogP contribution is -1.98. The van der Waals surface area contributed by atoms with Crippen molar-refractivity contribution in [2.45, 2.75) is 71.1 Å². The van der Waals surface area contributed by atoms with Gasteiger partial charge in [-0.1, -0.05) is 81.1 Å². The Labute approximate surface area is 214 Å². The Morgan fingerprint density at radius 3 is 2.22 bits per heavy atom. The molecule has 0 bridgehead atoms. The number of halogens is 1. The summed E-state index contributed by atoms with van der Waals surface area (Å²) < 4.78 is 15.2. The van der Waals surface area contributed by atoms with Gasteiger partial charge < -0.3 is 0 Å². The molecule has 0 saturated carbocycles. The van der Waals surface area contributed by atoms with Gasteiger partial charge in [0, 0.05) is 17.3 Å². The van der Waals surface area contributed by atoms with E-state index in [1.807, 2.05) is 54.7 Å². The third-order valence-corrected chi connectivity index (χ3v) is 6.99. The minimum Gasteiger partial charge on any atom is -0.261 e. The SMILES string of the molecule is CCCCCCCc1ccc(CCc2ccc3c(F)c(CCc4ccc(C#N)cc4)ccc3c2)nc1. The van der Waals surface area contributed by atoms with E-state index in [-0.39, 0.29) is 5.82 Å². The predicted octanol–water partition coefficient (Wildman–Crippen LogP) is 8.33. The number of benzene rings is 3. The number of aromatic nitrogens is 1. The van der Waals surface area contributed by atoms with Crippen molar-refractivity contribution in [3.63, 3.8) is 0 Å². The summed E-state index contributed by atoms with van der Waals surface area (Å²) in [6.07, 6.45) is 12.8. The van der Waals surface area contributed by atoms with Gasteiger partial charge in [0.1, 0.15) is 5.82 Å². The number of hydrogen-bond donors (Lipinski definition) is 0. The monoisotopic (exact) mass is 478 g/mol. The van der Waals surface area contributed by atoms with Gasteiger partial charge in [-0.3, -0.25) is 4.98 Å². The van der Waals surface area contributed by atoms with Crippen molar-refractivity contribution in [1.29, 1.82) is 5.26 Å². The predicted molar refractivity (Wildman–Crippen MR) is 147 cm³/mol. The average molecular weight is 479 g/mol. The van der Waals surface area contributed by atoms with E-state index >= 15 is 4.39 Å². The van der Waals surface area contributed by atoms with E-state index in [4.69, 9.17) is 5.26 Å². The maximum atomic E-state index is 15.2. The zero-order chi connectivity index (χ0) is 25.2. The van der Waals surface area contributed by atoms with Gasteiger partial charge in [0.2, 0.25) is 0 Å². The number of hydrogen-bond acceptors (Lipinski definition) is 2. The first kappa shape index (κ1) is 25.6. The Morgan fingerprint density at radius 2 is 1.47 bits per heavy atom. The van der Waals surface area contributed by atoms with Gasteiger partial charge in [0.05, 0.1) is 11.6 Å². The van der Waals surface area contributed by atoms with E-state index in [1.54, 1.807) is 0 Å². The molecular formula is C33H35FN2. The number of nitriles is 1. The molecule has 0 atom stereocenters. The van der Waals surface area contributed by atoms with E-state index in [1.165, 1.54) is 43.2 Å². The average Bonchev–Trinajstić information content (AvgIpc) is 2.92. The molecule has 3 heteroatoms. The molecule has 3 aromatic carbocycles. The minimum atomic E-state index is -0.125. The smallest absolute Gasteiger partial charge is 0.134 e.